The number of carbonyl (C=O) groups excluding carboxylic acids is 1. The van der Waals surface area contributed by atoms with E-state index in [2.05, 4.69) is 4.98 Å². The molecule has 0 bridgehead atoms. The zero-order valence-electron chi connectivity index (χ0n) is 14.2. The SMILES string of the molecule is Cn1ccnc1[C@H](O)C1CCN([C@@H](C(N)=O)c2ccc(F)cc2)CC1. The standard InChI is InChI=1S/C18H23FN4O2/c1-22-11-8-21-18(22)16(24)13-6-9-23(10-7-13)15(17(20)25)12-2-4-14(19)5-3-12/h2-5,8,11,13,15-16,24H,6-7,9-10H2,1H3,(H2,20,25)/t15-,16-/m1/s1. The maximum atomic E-state index is 13.1. The van der Waals surface area contributed by atoms with E-state index in [4.69, 9.17) is 5.73 Å². The number of hydrogen-bond donors (Lipinski definition) is 2. The first-order chi connectivity index (χ1) is 12.0. The summed E-state index contributed by atoms with van der Waals surface area (Å²) >= 11 is 0. The third-order valence-electron chi connectivity index (χ3n) is 4.96. The highest BCUT2D eigenvalue weighted by molar-refractivity contribution is 5.81. The fourth-order valence-electron chi connectivity index (χ4n) is 3.57. The molecule has 1 aromatic heterocycles. The number of likely N-dealkylation sites (tertiary alicyclic amines) is 1. The Labute approximate surface area is 146 Å². The van der Waals surface area contributed by atoms with Gasteiger partial charge >= 0.3 is 0 Å². The number of halogens is 1. The number of nitrogens with two attached hydrogens (primary N) is 1. The highest BCUT2D eigenvalue weighted by atomic mass is 19.1. The van der Waals surface area contributed by atoms with Crippen molar-refractivity contribution in [2.75, 3.05) is 13.1 Å². The molecule has 25 heavy (non-hydrogen) atoms. The van der Waals surface area contributed by atoms with Gasteiger partial charge in [-0.3, -0.25) is 9.69 Å². The number of primary amides is 1. The zero-order chi connectivity index (χ0) is 18.0. The van der Waals surface area contributed by atoms with Crippen molar-refractivity contribution in [2.24, 2.45) is 18.7 Å². The number of carbonyl (C=O) groups is 1. The van der Waals surface area contributed by atoms with Gasteiger partial charge in [0.15, 0.2) is 0 Å². The summed E-state index contributed by atoms with van der Waals surface area (Å²) in [7, 11) is 1.86. The Bertz CT molecular complexity index is 723. The van der Waals surface area contributed by atoms with Crippen LogP contribution in [0.4, 0.5) is 4.39 Å². The van der Waals surface area contributed by atoms with Gasteiger partial charge in [0.05, 0.1) is 0 Å². The van der Waals surface area contributed by atoms with Crippen molar-refractivity contribution in [1.29, 1.82) is 0 Å². The minimum Gasteiger partial charge on any atom is -0.385 e. The summed E-state index contributed by atoms with van der Waals surface area (Å²) in [5.41, 5.74) is 6.28. The van der Waals surface area contributed by atoms with E-state index in [9.17, 15) is 14.3 Å². The molecule has 0 unspecified atom stereocenters. The molecule has 0 saturated carbocycles. The van der Waals surface area contributed by atoms with Gasteiger partial charge in [0.25, 0.3) is 0 Å². The van der Waals surface area contributed by atoms with Crippen LogP contribution in [-0.4, -0.2) is 38.6 Å². The van der Waals surface area contributed by atoms with Crippen LogP contribution in [0.1, 0.15) is 36.4 Å². The Morgan fingerprint density at radius 1 is 1.32 bits per heavy atom. The molecule has 1 aliphatic rings. The number of aliphatic hydroxyl groups excluding tert-OH is 1. The fraction of sp³-hybridized carbons (Fsp3) is 0.444. The summed E-state index contributed by atoms with van der Waals surface area (Å²) < 4.78 is 15.0. The predicted octanol–water partition coefficient (Wildman–Crippen LogP) is 1.53. The Kier molecular flexibility index (Phi) is 5.15. The maximum Gasteiger partial charge on any atom is 0.239 e. The van der Waals surface area contributed by atoms with Gasteiger partial charge in [-0.25, -0.2) is 9.37 Å². The third-order valence-corrected chi connectivity index (χ3v) is 4.96. The number of benzene rings is 1. The largest absolute Gasteiger partial charge is 0.385 e. The van der Waals surface area contributed by atoms with Gasteiger partial charge in [-0.05, 0) is 49.5 Å². The van der Waals surface area contributed by atoms with Crippen LogP contribution in [-0.2, 0) is 11.8 Å². The number of aromatic nitrogens is 2. The van der Waals surface area contributed by atoms with Crippen LogP contribution in [0.3, 0.4) is 0 Å². The molecule has 1 saturated heterocycles. The molecule has 2 heterocycles. The lowest BCUT2D eigenvalue weighted by atomic mass is 9.89. The molecule has 6 nitrogen and oxygen atoms in total. The Hall–Kier alpha value is -2.25. The number of amides is 1. The smallest absolute Gasteiger partial charge is 0.239 e. The van der Waals surface area contributed by atoms with E-state index < -0.39 is 18.1 Å². The monoisotopic (exact) mass is 346 g/mol. The van der Waals surface area contributed by atoms with Crippen molar-refractivity contribution in [3.05, 3.63) is 53.9 Å². The van der Waals surface area contributed by atoms with Gasteiger partial charge in [0.2, 0.25) is 5.91 Å². The molecular weight excluding hydrogens is 323 g/mol. The molecule has 1 fully saturated rings. The Balaban J connectivity index is 1.68. The molecule has 2 aromatic rings. The quantitative estimate of drug-likeness (QED) is 0.860. The van der Waals surface area contributed by atoms with Gasteiger partial charge < -0.3 is 15.4 Å². The van der Waals surface area contributed by atoms with Crippen molar-refractivity contribution in [2.45, 2.75) is 25.0 Å². The summed E-state index contributed by atoms with van der Waals surface area (Å²) in [4.78, 5) is 18.2. The topological polar surface area (TPSA) is 84.4 Å². The van der Waals surface area contributed by atoms with Gasteiger partial charge in [-0.1, -0.05) is 12.1 Å². The first-order valence-corrected chi connectivity index (χ1v) is 8.41. The molecule has 134 valence electrons. The van der Waals surface area contributed by atoms with Crippen molar-refractivity contribution in [3.63, 3.8) is 0 Å². The summed E-state index contributed by atoms with van der Waals surface area (Å²) in [5.74, 6) is -0.0545. The number of rotatable bonds is 5. The molecule has 1 aromatic carbocycles. The Morgan fingerprint density at radius 3 is 2.48 bits per heavy atom. The van der Waals surface area contributed by atoms with Crippen LogP contribution in [0.5, 0.6) is 0 Å². The normalized spacial score (nSPS) is 18.8. The molecule has 0 aliphatic carbocycles. The van der Waals surface area contributed by atoms with Crippen LogP contribution in [0.25, 0.3) is 0 Å². The van der Waals surface area contributed by atoms with Crippen LogP contribution in [0.15, 0.2) is 36.7 Å². The van der Waals surface area contributed by atoms with Crippen molar-refractivity contribution < 1.29 is 14.3 Å². The average molecular weight is 346 g/mol. The van der Waals surface area contributed by atoms with Gasteiger partial charge in [-0.15, -0.1) is 0 Å². The molecule has 2 atom stereocenters. The lowest BCUT2D eigenvalue weighted by Crippen LogP contribution is -2.43. The summed E-state index contributed by atoms with van der Waals surface area (Å²) in [6.07, 6.45) is 4.33. The van der Waals surface area contributed by atoms with E-state index in [0.717, 1.165) is 12.8 Å². The molecule has 3 N–H and O–H groups in total. The van der Waals surface area contributed by atoms with E-state index >= 15 is 0 Å². The van der Waals surface area contributed by atoms with E-state index in [-0.39, 0.29) is 11.7 Å². The molecule has 0 radical (unpaired) electrons. The number of hydrogen-bond acceptors (Lipinski definition) is 4. The second-order valence-electron chi connectivity index (χ2n) is 6.57. The zero-order valence-corrected chi connectivity index (χ0v) is 14.2. The van der Waals surface area contributed by atoms with E-state index in [0.29, 0.717) is 24.5 Å². The Morgan fingerprint density at radius 2 is 1.96 bits per heavy atom. The molecule has 0 spiro atoms. The van der Waals surface area contributed by atoms with Gasteiger partial charge in [-0.2, -0.15) is 0 Å². The lowest BCUT2D eigenvalue weighted by Gasteiger charge is -2.37. The number of imidazole rings is 1. The minimum absolute atomic E-state index is 0.0825. The highest BCUT2D eigenvalue weighted by Crippen LogP contribution is 2.33. The molecule has 1 amide bonds. The van der Waals surface area contributed by atoms with Crippen molar-refractivity contribution in [3.8, 4) is 0 Å². The third kappa shape index (κ3) is 3.72. The van der Waals surface area contributed by atoms with Crippen LogP contribution in [0, 0.1) is 11.7 Å². The minimum atomic E-state index is -0.625. The van der Waals surface area contributed by atoms with E-state index in [1.54, 1.807) is 18.3 Å². The van der Waals surface area contributed by atoms with Crippen LogP contribution < -0.4 is 5.73 Å². The second-order valence-corrected chi connectivity index (χ2v) is 6.57. The molecule has 1 aliphatic heterocycles. The van der Waals surface area contributed by atoms with Gasteiger partial charge in [0.1, 0.15) is 23.8 Å². The summed E-state index contributed by atoms with van der Waals surface area (Å²) in [5, 5.41) is 10.6. The number of aliphatic hydroxyl groups is 1. The van der Waals surface area contributed by atoms with E-state index in [1.807, 2.05) is 22.7 Å². The first kappa shape index (κ1) is 17.6. The van der Waals surface area contributed by atoms with Gasteiger partial charge in [0, 0.05) is 19.4 Å². The summed E-state index contributed by atoms with van der Waals surface area (Å²) in [6, 6.07) is 5.29. The predicted molar refractivity (Wildman–Crippen MR) is 90.8 cm³/mol. The second kappa shape index (κ2) is 7.33. The molecule has 7 heteroatoms. The average Bonchev–Trinajstić information content (AvgIpc) is 3.02. The number of piperidine rings is 1. The van der Waals surface area contributed by atoms with Crippen molar-refractivity contribution >= 4 is 5.91 Å². The van der Waals surface area contributed by atoms with Crippen LogP contribution >= 0.6 is 0 Å². The van der Waals surface area contributed by atoms with Crippen molar-refractivity contribution in [1.82, 2.24) is 14.5 Å². The maximum absolute atomic E-state index is 13.1. The van der Waals surface area contributed by atoms with Crippen LogP contribution in [0.2, 0.25) is 0 Å². The summed E-state index contributed by atoms with van der Waals surface area (Å²) in [6.45, 7) is 1.27. The number of nitrogens with zero attached hydrogens (tertiary/aromatic N) is 3. The first-order valence-electron chi connectivity index (χ1n) is 8.41. The number of aryl methyl sites for hydroxylation is 1. The highest BCUT2D eigenvalue weighted by Gasteiger charge is 2.33. The fourth-order valence-corrected chi connectivity index (χ4v) is 3.57. The molecular formula is C18H23FN4O2. The van der Waals surface area contributed by atoms with E-state index in [1.165, 1.54) is 12.1 Å². The lowest BCUT2D eigenvalue weighted by molar-refractivity contribution is -0.124. The molecule has 3 rings (SSSR count).